The minimum Gasteiger partial charge on any atom is -0.481 e. The Hall–Kier alpha value is -2.61. The quantitative estimate of drug-likeness (QED) is 0.789. The largest absolute Gasteiger partial charge is 0.481 e. The van der Waals surface area contributed by atoms with Gasteiger partial charge in [-0.3, -0.25) is 10.1 Å². The Bertz CT molecular complexity index is 882. The van der Waals surface area contributed by atoms with Crippen molar-refractivity contribution in [1.82, 2.24) is 4.98 Å². The number of hydrogen-bond acceptors (Lipinski definition) is 4. The van der Waals surface area contributed by atoms with Crippen molar-refractivity contribution >= 4 is 32.6 Å². The molecule has 0 bridgehead atoms. The number of aromatic nitrogens is 1. The third-order valence-corrected chi connectivity index (χ3v) is 3.77. The lowest BCUT2D eigenvalue weighted by atomic mass is 10.3. The molecule has 0 aliphatic heterocycles. The molecule has 0 aliphatic rings. The average molecular weight is 338 g/mol. The van der Waals surface area contributed by atoms with E-state index in [1.165, 1.54) is 18.2 Å². The topological polar surface area (TPSA) is 51.2 Å². The van der Waals surface area contributed by atoms with Crippen molar-refractivity contribution in [3.8, 4) is 5.75 Å². The second-order valence-electron chi connectivity index (χ2n) is 4.52. The van der Waals surface area contributed by atoms with Crippen molar-refractivity contribution in [2.45, 2.75) is 0 Å². The van der Waals surface area contributed by atoms with Gasteiger partial charge in [-0.2, -0.15) is 0 Å². The zero-order valence-electron chi connectivity index (χ0n) is 11.5. The van der Waals surface area contributed by atoms with Gasteiger partial charge in [-0.25, -0.2) is 18.2 Å². The molecular formula is C15H9F3N2O2S. The molecule has 0 saturated heterocycles. The van der Waals surface area contributed by atoms with Gasteiger partial charge in [0.2, 0.25) is 0 Å². The Labute approximate surface area is 132 Å². The molecule has 8 heteroatoms. The number of rotatable bonds is 4. The summed E-state index contributed by atoms with van der Waals surface area (Å²) in [6, 6.07) is 7.51. The lowest BCUT2D eigenvalue weighted by Gasteiger charge is -2.06. The van der Waals surface area contributed by atoms with Crippen LogP contribution in [0.15, 0.2) is 36.4 Å². The molecular weight excluding hydrogens is 329 g/mol. The number of hydrogen-bond donors (Lipinski definition) is 1. The third kappa shape index (κ3) is 3.42. The van der Waals surface area contributed by atoms with Crippen LogP contribution in [0.1, 0.15) is 0 Å². The van der Waals surface area contributed by atoms with E-state index < -0.39 is 30.0 Å². The maximum absolute atomic E-state index is 13.5. The Morgan fingerprint density at radius 1 is 1.17 bits per heavy atom. The molecule has 0 saturated carbocycles. The fraction of sp³-hybridized carbons (Fsp3) is 0.0667. The van der Waals surface area contributed by atoms with Crippen molar-refractivity contribution in [1.29, 1.82) is 0 Å². The smallest absolute Gasteiger partial charge is 0.264 e. The van der Waals surface area contributed by atoms with Crippen molar-refractivity contribution < 1.29 is 22.7 Å². The first-order chi connectivity index (χ1) is 11.0. The van der Waals surface area contributed by atoms with Crippen LogP contribution in [0, 0.1) is 17.5 Å². The normalized spacial score (nSPS) is 10.7. The van der Waals surface area contributed by atoms with E-state index in [2.05, 4.69) is 10.3 Å². The lowest BCUT2D eigenvalue weighted by Crippen LogP contribution is -2.20. The summed E-state index contributed by atoms with van der Waals surface area (Å²) in [5, 5.41) is 2.50. The van der Waals surface area contributed by atoms with E-state index in [0.29, 0.717) is 0 Å². The summed E-state index contributed by atoms with van der Waals surface area (Å²) in [5.74, 6) is -2.76. The fourth-order valence-electron chi connectivity index (χ4n) is 1.87. The van der Waals surface area contributed by atoms with Gasteiger partial charge in [0.25, 0.3) is 5.91 Å². The van der Waals surface area contributed by atoms with Gasteiger partial charge in [0.15, 0.2) is 29.1 Å². The first-order valence-corrected chi connectivity index (χ1v) is 7.27. The summed E-state index contributed by atoms with van der Waals surface area (Å²) in [7, 11) is 0. The molecule has 23 heavy (non-hydrogen) atoms. The van der Waals surface area contributed by atoms with Gasteiger partial charge in [0, 0.05) is 6.07 Å². The SMILES string of the molecule is O=C(COc1ccccc1F)Nc1nc2c(F)cc(F)cc2s1. The second-order valence-corrected chi connectivity index (χ2v) is 5.55. The molecule has 1 aromatic heterocycles. The zero-order chi connectivity index (χ0) is 16.4. The number of nitrogens with one attached hydrogen (secondary N) is 1. The van der Waals surface area contributed by atoms with E-state index in [9.17, 15) is 18.0 Å². The number of amides is 1. The van der Waals surface area contributed by atoms with E-state index in [-0.39, 0.29) is 21.1 Å². The van der Waals surface area contributed by atoms with E-state index >= 15 is 0 Å². The molecule has 0 atom stereocenters. The minimum atomic E-state index is -0.806. The number of halogens is 3. The predicted octanol–water partition coefficient (Wildman–Crippen LogP) is 3.73. The number of para-hydroxylation sites is 1. The number of thiazole rings is 1. The standard InChI is InChI=1S/C15H9F3N2O2S/c16-8-5-10(18)14-12(6-8)23-15(20-14)19-13(21)7-22-11-4-2-1-3-9(11)17/h1-6H,7H2,(H,19,20,21). The minimum absolute atomic E-state index is 0.0262. The van der Waals surface area contributed by atoms with Crippen molar-refractivity contribution in [2.75, 3.05) is 11.9 Å². The summed E-state index contributed by atoms with van der Waals surface area (Å²) in [6.07, 6.45) is 0. The van der Waals surface area contributed by atoms with E-state index in [4.69, 9.17) is 4.74 Å². The van der Waals surface area contributed by atoms with E-state index in [1.807, 2.05) is 0 Å². The van der Waals surface area contributed by atoms with Gasteiger partial charge in [-0.05, 0) is 18.2 Å². The molecule has 0 radical (unpaired) electrons. The van der Waals surface area contributed by atoms with Crippen LogP contribution in [0.3, 0.4) is 0 Å². The maximum Gasteiger partial charge on any atom is 0.264 e. The predicted molar refractivity (Wildman–Crippen MR) is 80.1 cm³/mol. The number of nitrogens with zero attached hydrogens (tertiary/aromatic N) is 1. The first-order valence-electron chi connectivity index (χ1n) is 6.45. The van der Waals surface area contributed by atoms with E-state index in [0.717, 1.165) is 23.5 Å². The summed E-state index contributed by atoms with van der Waals surface area (Å²) in [4.78, 5) is 15.6. The Kier molecular flexibility index (Phi) is 4.16. The maximum atomic E-state index is 13.5. The summed E-state index contributed by atoms with van der Waals surface area (Å²) < 4.78 is 45.3. The van der Waals surface area contributed by atoms with Gasteiger partial charge in [0.05, 0.1) is 4.70 Å². The van der Waals surface area contributed by atoms with Gasteiger partial charge in [0.1, 0.15) is 11.3 Å². The molecule has 1 N–H and O–H groups in total. The first kappa shape index (κ1) is 15.3. The molecule has 4 nitrogen and oxygen atoms in total. The molecule has 0 aliphatic carbocycles. The van der Waals surface area contributed by atoms with Crippen LogP contribution in [0.5, 0.6) is 5.75 Å². The summed E-state index contributed by atoms with van der Waals surface area (Å²) in [5.41, 5.74) is -0.0262. The fourth-order valence-corrected chi connectivity index (χ4v) is 2.79. The van der Waals surface area contributed by atoms with Gasteiger partial charge < -0.3 is 4.74 Å². The lowest BCUT2D eigenvalue weighted by molar-refractivity contribution is -0.118. The Morgan fingerprint density at radius 2 is 1.96 bits per heavy atom. The molecule has 0 spiro atoms. The van der Waals surface area contributed by atoms with Gasteiger partial charge in [-0.1, -0.05) is 23.5 Å². The highest BCUT2D eigenvalue weighted by atomic mass is 32.1. The van der Waals surface area contributed by atoms with Crippen LogP contribution < -0.4 is 10.1 Å². The molecule has 3 aromatic rings. The number of fused-ring (bicyclic) bond motifs is 1. The molecule has 3 rings (SSSR count). The van der Waals surface area contributed by atoms with Crippen LogP contribution in [0.2, 0.25) is 0 Å². The van der Waals surface area contributed by atoms with Crippen molar-refractivity contribution in [3.63, 3.8) is 0 Å². The molecule has 0 fully saturated rings. The van der Waals surface area contributed by atoms with Crippen molar-refractivity contribution in [3.05, 3.63) is 53.8 Å². The molecule has 1 heterocycles. The number of anilines is 1. The van der Waals surface area contributed by atoms with Crippen LogP contribution >= 0.6 is 11.3 Å². The van der Waals surface area contributed by atoms with Crippen LogP contribution in [-0.2, 0) is 4.79 Å². The number of carbonyl (C=O) groups excluding carboxylic acids is 1. The highest BCUT2D eigenvalue weighted by Gasteiger charge is 2.13. The third-order valence-electron chi connectivity index (χ3n) is 2.85. The molecule has 118 valence electrons. The Morgan fingerprint density at radius 3 is 2.74 bits per heavy atom. The van der Waals surface area contributed by atoms with Crippen LogP contribution in [-0.4, -0.2) is 17.5 Å². The van der Waals surface area contributed by atoms with Gasteiger partial charge >= 0.3 is 0 Å². The zero-order valence-corrected chi connectivity index (χ0v) is 12.3. The van der Waals surface area contributed by atoms with Gasteiger partial charge in [-0.15, -0.1) is 0 Å². The highest BCUT2D eigenvalue weighted by molar-refractivity contribution is 7.22. The van der Waals surface area contributed by atoms with E-state index in [1.54, 1.807) is 6.07 Å². The summed E-state index contributed by atoms with van der Waals surface area (Å²) >= 11 is 0.926. The van der Waals surface area contributed by atoms with Crippen molar-refractivity contribution in [2.24, 2.45) is 0 Å². The number of ether oxygens (including phenoxy) is 1. The number of carbonyl (C=O) groups is 1. The average Bonchev–Trinajstić information content (AvgIpc) is 2.89. The number of benzene rings is 2. The second kappa shape index (κ2) is 6.25. The summed E-state index contributed by atoms with van der Waals surface area (Å²) in [6.45, 7) is -0.437. The highest BCUT2D eigenvalue weighted by Crippen LogP contribution is 2.28. The monoisotopic (exact) mass is 338 g/mol. The Balaban J connectivity index is 1.68. The van der Waals surface area contributed by atoms with Crippen LogP contribution in [0.4, 0.5) is 18.3 Å². The van der Waals surface area contributed by atoms with Crippen LogP contribution in [0.25, 0.3) is 10.2 Å². The molecule has 1 amide bonds. The molecule has 2 aromatic carbocycles. The molecule has 0 unspecified atom stereocenters.